The van der Waals surface area contributed by atoms with Crippen LogP contribution in [0.4, 0.5) is 0 Å². The second-order valence-corrected chi connectivity index (χ2v) is 4.26. The van der Waals surface area contributed by atoms with Crippen molar-refractivity contribution < 1.29 is 0 Å². The Bertz CT molecular complexity index is 104. The first-order chi connectivity index (χ1) is 5.06. The van der Waals surface area contributed by atoms with Crippen molar-refractivity contribution in [1.29, 1.82) is 0 Å². The van der Waals surface area contributed by atoms with Crippen LogP contribution in [-0.4, -0.2) is 0 Å². The number of hydrogen-bond donors (Lipinski definition) is 0. The molecule has 0 heterocycles. The van der Waals surface area contributed by atoms with Crippen molar-refractivity contribution in [3.63, 3.8) is 0 Å². The first-order valence-corrected chi connectivity index (χ1v) is 4.74. The van der Waals surface area contributed by atoms with Crippen LogP contribution in [0.1, 0.15) is 53.4 Å². The van der Waals surface area contributed by atoms with Gasteiger partial charge in [-0.3, -0.25) is 0 Å². The first-order valence-electron chi connectivity index (χ1n) is 4.74. The van der Waals surface area contributed by atoms with E-state index in [9.17, 15) is 0 Å². The van der Waals surface area contributed by atoms with Crippen molar-refractivity contribution in [3.8, 4) is 0 Å². The molecule has 0 amide bonds. The molecule has 0 aromatic rings. The van der Waals surface area contributed by atoms with Gasteiger partial charge < -0.3 is 0 Å². The lowest BCUT2D eigenvalue weighted by Gasteiger charge is -2.10. The molecule has 0 radical (unpaired) electrons. The lowest BCUT2D eigenvalue weighted by Crippen LogP contribution is -1.97. The molecule has 11 heavy (non-hydrogen) atoms. The molecule has 0 aliphatic heterocycles. The van der Waals surface area contributed by atoms with E-state index in [1.54, 1.807) is 0 Å². The molecular weight excluding hydrogens is 132 g/mol. The van der Waals surface area contributed by atoms with Crippen LogP contribution in [0, 0.1) is 5.41 Å². The van der Waals surface area contributed by atoms with Gasteiger partial charge in [0.05, 0.1) is 0 Å². The monoisotopic (exact) mass is 154 g/mol. The number of rotatable bonds is 4. The fourth-order valence-corrected chi connectivity index (χ4v) is 0.949. The molecule has 0 fully saturated rings. The molecular formula is C11H22. The molecule has 66 valence electrons. The SMILES string of the molecule is CCCCC/C=C\C(C)(C)C. The summed E-state index contributed by atoms with van der Waals surface area (Å²) in [4.78, 5) is 0. The van der Waals surface area contributed by atoms with Gasteiger partial charge in [-0.1, -0.05) is 52.7 Å². The zero-order valence-electron chi connectivity index (χ0n) is 8.48. The zero-order valence-corrected chi connectivity index (χ0v) is 8.48. The Balaban J connectivity index is 3.30. The molecule has 0 nitrogen and oxygen atoms in total. The van der Waals surface area contributed by atoms with Crippen molar-refractivity contribution in [2.75, 3.05) is 0 Å². The molecule has 0 spiro atoms. The Morgan fingerprint density at radius 1 is 1.09 bits per heavy atom. The molecule has 0 heteroatoms. The summed E-state index contributed by atoms with van der Waals surface area (Å²) in [6.45, 7) is 8.96. The minimum absolute atomic E-state index is 0.367. The van der Waals surface area contributed by atoms with Gasteiger partial charge in [-0.15, -0.1) is 0 Å². The molecule has 0 saturated heterocycles. The molecule has 0 bridgehead atoms. The van der Waals surface area contributed by atoms with Gasteiger partial charge in [-0.05, 0) is 18.3 Å². The average Bonchev–Trinajstić information content (AvgIpc) is 1.85. The highest BCUT2D eigenvalue weighted by Gasteiger charge is 2.02. The van der Waals surface area contributed by atoms with Gasteiger partial charge >= 0.3 is 0 Å². The average molecular weight is 154 g/mol. The predicted molar refractivity (Wildman–Crippen MR) is 52.7 cm³/mol. The van der Waals surface area contributed by atoms with Crippen molar-refractivity contribution in [2.24, 2.45) is 5.41 Å². The van der Waals surface area contributed by atoms with E-state index < -0.39 is 0 Å². The highest BCUT2D eigenvalue weighted by Crippen LogP contribution is 2.15. The minimum atomic E-state index is 0.367. The lowest BCUT2D eigenvalue weighted by molar-refractivity contribution is 0.541. The number of unbranched alkanes of at least 4 members (excludes halogenated alkanes) is 3. The van der Waals surface area contributed by atoms with Crippen LogP contribution in [0.3, 0.4) is 0 Å². The molecule has 0 aliphatic carbocycles. The van der Waals surface area contributed by atoms with Crippen LogP contribution < -0.4 is 0 Å². The third kappa shape index (κ3) is 9.74. The van der Waals surface area contributed by atoms with E-state index in [1.165, 1.54) is 25.7 Å². The standard InChI is InChI=1S/C11H22/c1-5-6-7-8-9-10-11(2,3)4/h9-10H,5-8H2,1-4H3/b10-9-. The summed E-state index contributed by atoms with van der Waals surface area (Å²) in [5, 5.41) is 0. The largest absolute Gasteiger partial charge is 0.0880 e. The van der Waals surface area contributed by atoms with E-state index in [1.807, 2.05) is 0 Å². The van der Waals surface area contributed by atoms with Crippen LogP contribution in [0.15, 0.2) is 12.2 Å². The third-order valence-electron chi connectivity index (χ3n) is 1.59. The molecule has 0 aromatic heterocycles. The summed E-state index contributed by atoms with van der Waals surface area (Å²) in [5.74, 6) is 0. The van der Waals surface area contributed by atoms with Gasteiger partial charge in [0.15, 0.2) is 0 Å². The van der Waals surface area contributed by atoms with Crippen LogP contribution >= 0.6 is 0 Å². The van der Waals surface area contributed by atoms with Crippen LogP contribution in [0.2, 0.25) is 0 Å². The van der Waals surface area contributed by atoms with Gasteiger partial charge in [0.2, 0.25) is 0 Å². The van der Waals surface area contributed by atoms with Crippen molar-refractivity contribution in [1.82, 2.24) is 0 Å². The van der Waals surface area contributed by atoms with Crippen LogP contribution in [-0.2, 0) is 0 Å². The maximum atomic E-state index is 2.32. The summed E-state index contributed by atoms with van der Waals surface area (Å²) < 4.78 is 0. The summed E-state index contributed by atoms with van der Waals surface area (Å²) in [5.41, 5.74) is 0.367. The van der Waals surface area contributed by atoms with Gasteiger partial charge in [-0.2, -0.15) is 0 Å². The summed E-state index contributed by atoms with van der Waals surface area (Å²) in [6, 6.07) is 0. The molecule has 0 unspecified atom stereocenters. The van der Waals surface area contributed by atoms with E-state index in [-0.39, 0.29) is 0 Å². The summed E-state index contributed by atoms with van der Waals surface area (Å²) in [6.07, 6.45) is 9.92. The molecule has 0 saturated carbocycles. The first kappa shape index (κ1) is 10.7. The van der Waals surface area contributed by atoms with E-state index in [4.69, 9.17) is 0 Å². The fourth-order valence-electron chi connectivity index (χ4n) is 0.949. The molecule has 0 rings (SSSR count). The van der Waals surface area contributed by atoms with Gasteiger partial charge in [0, 0.05) is 0 Å². The van der Waals surface area contributed by atoms with Crippen molar-refractivity contribution in [3.05, 3.63) is 12.2 Å². The highest BCUT2D eigenvalue weighted by molar-refractivity contribution is 4.91. The normalized spacial score (nSPS) is 12.7. The van der Waals surface area contributed by atoms with E-state index >= 15 is 0 Å². The Hall–Kier alpha value is -0.260. The Kier molecular flexibility index (Phi) is 5.27. The topological polar surface area (TPSA) is 0 Å². The Labute approximate surface area is 71.7 Å². The fraction of sp³-hybridized carbons (Fsp3) is 0.818. The quantitative estimate of drug-likeness (QED) is 0.421. The summed E-state index contributed by atoms with van der Waals surface area (Å²) >= 11 is 0. The van der Waals surface area contributed by atoms with E-state index in [0.717, 1.165) is 0 Å². The predicted octanol–water partition coefficient (Wildman–Crippen LogP) is 4.17. The maximum absolute atomic E-state index is 2.32. The van der Waals surface area contributed by atoms with E-state index in [0.29, 0.717) is 5.41 Å². The smallest absolute Gasteiger partial charge is 0.0203 e. The number of allylic oxidation sites excluding steroid dienone is 2. The van der Waals surface area contributed by atoms with Gasteiger partial charge in [0.25, 0.3) is 0 Å². The minimum Gasteiger partial charge on any atom is -0.0880 e. The van der Waals surface area contributed by atoms with Crippen LogP contribution in [0.5, 0.6) is 0 Å². The molecule has 0 aliphatic rings. The van der Waals surface area contributed by atoms with Gasteiger partial charge in [-0.25, -0.2) is 0 Å². The molecule has 0 N–H and O–H groups in total. The Morgan fingerprint density at radius 2 is 1.73 bits per heavy atom. The maximum Gasteiger partial charge on any atom is -0.0203 e. The number of hydrogen-bond acceptors (Lipinski definition) is 0. The second-order valence-electron chi connectivity index (χ2n) is 4.26. The zero-order chi connectivity index (χ0) is 8.74. The van der Waals surface area contributed by atoms with Crippen molar-refractivity contribution >= 4 is 0 Å². The third-order valence-corrected chi connectivity index (χ3v) is 1.59. The van der Waals surface area contributed by atoms with Crippen LogP contribution in [0.25, 0.3) is 0 Å². The second kappa shape index (κ2) is 5.40. The Morgan fingerprint density at radius 3 is 2.18 bits per heavy atom. The molecule has 0 aromatic carbocycles. The van der Waals surface area contributed by atoms with Gasteiger partial charge in [0.1, 0.15) is 0 Å². The molecule has 0 atom stereocenters. The van der Waals surface area contributed by atoms with Crippen molar-refractivity contribution in [2.45, 2.75) is 53.4 Å². The highest BCUT2D eigenvalue weighted by atomic mass is 14.1. The van der Waals surface area contributed by atoms with E-state index in [2.05, 4.69) is 39.8 Å². The lowest BCUT2D eigenvalue weighted by atomic mass is 9.96. The summed E-state index contributed by atoms with van der Waals surface area (Å²) in [7, 11) is 0.